The van der Waals surface area contributed by atoms with Gasteiger partial charge in [0.25, 0.3) is 0 Å². The fourth-order valence-electron chi connectivity index (χ4n) is 8.59. The summed E-state index contributed by atoms with van der Waals surface area (Å²) >= 11 is 0. The third-order valence-electron chi connectivity index (χ3n) is 10.2. The first-order chi connectivity index (χ1) is 13.4. The average molecular weight is 394 g/mol. The highest BCUT2D eigenvalue weighted by atomic mass is 16.3. The van der Waals surface area contributed by atoms with E-state index >= 15 is 0 Å². The van der Waals surface area contributed by atoms with Crippen LogP contribution in [0.3, 0.4) is 0 Å². The normalized spacial score (nSPS) is 48.2. The minimum atomic E-state index is -0.683. The van der Waals surface area contributed by atoms with Crippen molar-refractivity contribution in [2.75, 3.05) is 32.8 Å². The highest BCUT2D eigenvalue weighted by molar-refractivity contribution is 5.14. The second kappa shape index (κ2) is 7.83. The van der Waals surface area contributed by atoms with Crippen LogP contribution in [0.1, 0.15) is 78.1 Å². The zero-order valence-electron chi connectivity index (χ0n) is 18.2. The lowest BCUT2D eigenvalue weighted by Crippen LogP contribution is -2.59. The van der Waals surface area contributed by atoms with Gasteiger partial charge in [-0.15, -0.1) is 0 Å². The molecule has 0 saturated heterocycles. The number of aliphatic hydroxyl groups is 3. The van der Waals surface area contributed by atoms with Gasteiger partial charge in [-0.1, -0.05) is 26.7 Å². The van der Waals surface area contributed by atoms with Crippen LogP contribution in [0.2, 0.25) is 0 Å². The maximum Gasteiger partial charge on any atom is 0.0830 e. The number of rotatable bonds is 6. The number of hydrogen-bond acceptors (Lipinski definition) is 4. The minimum absolute atomic E-state index is 0.0187. The van der Waals surface area contributed by atoms with E-state index in [0.29, 0.717) is 31.0 Å². The smallest absolute Gasteiger partial charge is 0.0830 e. The molecule has 162 valence electrons. The topological polar surface area (TPSA) is 63.9 Å². The van der Waals surface area contributed by atoms with E-state index in [0.717, 1.165) is 37.0 Å². The van der Waals surface area contributed by atoms with Crippen LogP contribution in [-0.4, -0.2) is 58.7 Å². The lowest BCUT2D eigenvalue weighted by molar-refractivity contribution is -0.158. The van der Waals surface area contributed by atoms with Crippen LogP contribution < -0.4 is 0 Å². The molecule has 0 aromatic carbocycles. The predicted octanol–water partition coefficient (Wildman–Crippen LogP) is 3.44. The summed E-state index contributed by atoms with van der Waals surface area (Å²) in [5, 5.41) is 30.7. The molecular weight excluding hydrogens is 350 g/mol. The molecule has 4 aliphatic carbocycles. The molecule has 0 heterocycles. The molecule has 7 atom stereocenters. The molecule has 4 nitrogen and oxygen atoms in total. The molecule has 0 radical (unpaired) electrons. The molecule has 3 N–H and O–H groups in total. The Kier molecular flexibility index (Phi) is 5.90. The highest BCUT2D eigenvalue weighted by Crippen LogP contribution is 2.68. The standard InChI is InChI=1S/C24H43NO3/c1-22-10-4-3-5-18(22)6-7-19-20(22)8-11-23(2)21(19)9-12-24(23,28)17-25(13-15-26)14-16-27/h18-21,26-28H,3-17H2,1-2H3/t18-,19+,20-,21-,22+,23+,24-/m1/s1. The molecule has 0 aliphatic heterocycles. The molecule has 28 heavy (non-hydrogen) atoms. The summed E-state index contributed by atoms with van der Waals surface area (Å²) in [6.45, 7) is 6.82. The highest BCUT2D eigenvalue weighted by Gasteiger charge is 2.64. The zero-order chi connectivity index (χ0) is 20.0. The third kappa shape index (κ3) is 3.18. The first-order valence-electron chi connectivity index (χ1n) is 12.0. The molecule has 0 aromatic heterocycles. The molecule has 4 rings (SSSR count). The maximum atomic E-state index is 11.9. The van der Waals surface area contributed by atoms with Gasteiger partial charge in [-0.3, -0.25) is 4.90 Å². The van der Waals surface area contributed by atoms with Crippen LogP contribution >= 0.6 is 0 Å². The van der Waals surface area contributed by atoms with Gasteiger partial charge >= 0.3 is 0 Å². The van der Waals surface area contributed by atoms with Crippen molar-refractivity contribution >= 4 is 0 Å². The summed E-state index contributed by atoms with van der Waals surface area (Å²) in [5.74, 6) is 3.23. The van der Waals surface area contributed by atoms with Crippen molar-refractivity contribution in [1.82, 2.24) is 4.90 Å². The largest absolute Gasteiger partial charge is 0.395 e. The first kappa shape index (κ1) is 21.1. The summed E-state index contributed by atoms with van der Waals surface area (Å²) in [4.78, 5) is 2.07. The molecule has 0 amide bonds. The van der Waals surface area contributed by atoms with Crippen LogP contribution in [0.15, 0.2) is 0 Å². The van der Waals surface area contributed by atoms with Gasteiger partial charge in [0.05, 0.1) is 18.8 Å². The number of nitrogens with zero attached hydrogens (tertiary/aromatic N) is 1. The van der Waals surface area contributed by atoms with E-state index in [1.807, 2.05) is 0 Å². The van der Waals surface area contributed by atoms with E-state index < -0.39 is 5.60 Å². The molecule has 4 heteroatoms. The van der Waals surface area contributed by atoms with Crippen molar-refractivity contribution in [2.24, 2.45) is 34.5 Å². The number of aliphatic hydroxyl groups excluding tert-OH is 2. The average Bonchev–Trinajstić information content (AvgIpc) is 2.93. The van der Waals surface area contributed by atoms with Gasteiger partial charge in [0.2, 0.25) is 0 Å². The van der Waals surface area contributed by atoms with Gasteiger partial charge in [0.15, 0.2) is 0 Å². The van der Waals surface area contributed by atoms with Crippen molar-refractivity contribution < 1.29 is 15.3 Å². The molecule has 0 bridgehead atoms. The molecule has 4 saturated carbocycles. The number of hydrogen-bond donors (Lipinski definition) is 3. The second-order valence-electron chi connectivity index (χ2n) is 11.2. The Balaban J connectivity index is 1.54. The quantitative estimate of drug-likeness (QED) is 0.647. The van der Waals surface area contributed by atoms with Gasteiger partial charge in [0.1, 0.15) is 0 Å². The van der Waals surface area contributed by atoms with Crippen LogP contribution in [0.4, 0.5) is 0 Å². The fourth-order valence-corrected chi connectivity index (χ4v) is 8.59. The van der Waals surface area contributed by atoms with Gasteiger partial charge in [-0.05, 0) is 80.5 Å². The van der Waals surface area contributed by atoms with Crippen LogP contribution in [0.25, 0.3) is 0 Å². The van der Waals surface area contributed by atoms with Gasteiger partial charge < -0.3 is 15.3 Å². The lowest BCUT2D eigenvalue weighted by Gasteiger charge is -2.61. The zero-order valence-corrected chi connectivity index (χ0v) is 18.2. The summed E-state index contributed by atoms with van der Waals surface area (Å²) in [7, 11) is 0. The fraction of sp³-hybridized carbons (Fsp3) is 1.00. The summed E-state index contributed by atoms with van der Waals surface area (Å²) in [6, 6.07) is 0. The van der Waals surface area contributed by atoms with E-state index in [2.05, 4.69) is 18.7 Å². The Bertz CT molecular complexity index is 550. The lowest BCUT2D eigenvalue weighted by atomic mass is 9.44. The van der Waals surface area contributed by atoms with Crippen molar-refractivity contribution in [3.05, 3.63) is 0 Å². The molecule has 0 unspecified atom stereocenters. The van der Waals surface area contributed by atoms with Crippen molar-refractivity contribution in [3.8, 4) is 0 Å². The Morgan fingerprint density at radius 3 is 2.25 bits per heavy atom. The molecule has 0 spiro atoms. The molecule has 0 aromatic rings. The first-order valence-corrected chi connectivity index (χ1v) is 12.0. The van der Waals surface area contributed by atoms with E-state index in [4.69, 9.17) is 0 Å². The third-order valence-corrected chi connectivity index (χ3v) is 10.2. The van der Waals surface area contributed by atoms with Gasteiger partial charge in [-0.25, -0.2) is 0 Å². The van der Waals surface area contributed by atoms with E-state index in [1.54, 1.807) is 0 Å². The summed E-state index contributed by atoms with van der Waals surface area (Å²) in [6.07, 6.45) is 13.0. The van der Waals surface area contributed by atoms with Crippen LogP contribution in [0, 0.1) is 34.5 Å². The van der Waals surface area contributed by atoms with Gasteiger partial charge in [-0.2, -0.15) is 0 Å². The minimum Gasteiger partial charge on any atom is -0.395 e. The Hall–Kier alpha value is -0.160. The SMILES string of the molecule is C[C@]12CCCC[C@@H]1CC[C@H]1[C@H]2CC[C@@]2(C)[C@@H]1CC[C@@]2(O)CN(CCO)CCO. The van der Waals surface area contributed by atoms with E-state index in [9.17, 15) is 15.3 Å². The van der Waals surface area contributed by atoms with E-state index in [1.165, 1.54) is 44.9 Å². The number of fused-ring (bicyclic) bond motifs is 5. The second-order valence-corrected chi connectivity index (χ2v) is 11.2. The Morgan fingerprint density at radius 1 is 0.821 bits per heavy atom. The molecule has 4 fully saturated rings. The molecule has 4 aliphatic rings. The predicted molar refractivity (Wildman–Crippen MR) is 112 cm³/mol. The van der Waals surface area contributed by atoms with Crippen molar-refractivity contribution in [2.45, 2.75) is 83.7 Å². The van der Waals surface area contributed by atoms with Gasteiger partial charge in [0, 0.05) is 25.0 Å². The van der Waals surface area contributed by atoms with Crippen LogP contribution in [-0.2, 0) is 0 Å². The van der Waals surface area contributed by atoms with E-state index in [-0.39, 0.29) is 18.6 Å². The van der Waals surface area contributed by atoms with Crippen molar-refractivity contribution in [1.29, 1.82) is 0 Å². The summed E-state index contributed by atoms with van der Waals surface area (Å²) < 4.78 is 0. The maximum absolute atomic E-state index is 11.9. The Morgan fingerprint density at radius 2 is 1.54 bits per heavy atom. The summed E-state index contributed by atoms with van der Waals surface area (Å²) in [5.41, 5.74) is -0.157. The van der Waals surface area contributed by atoms with Crippen LogP contribution in [0.5, 0.6) is 0 Å². The monoisotopic (exact) mass is 393 g/mol. The van der Waals surface area contributed by atoms with Crippen molar-refractivity contribution in [3.63, 3.8) is 0 Å². The molecular formula is C24H43NO3. The Labute approximate surface area is 171 Å².